The fourth-order valence-electron chi connectivity index (χ4n) is 2.32. The number of aromatic amines is 1. The first kappa shape index (κ1) is 14.7. The molecule has 21 heavy (non-hydrogen) atoms. The third kappa shape index (κ3) is 3.26. The molecule has 0 aliphatic rings. The lowest BCUT2D eigenvalue weighted by molar-refractivity contribution is -0.374. The van der Waals surface area contributed by atoms with Gasteiger partial charge in [-0.3, -0.25) is 9.69 Å². The predicted octanol–water partition coefficient (Wildman–Crippen LogP) is 2.52. The van der Waals surface area contributed by atoms with Crippen LogP contribution in [0.25, 0.3) is 0 Å². The van der Waals surface area contributed by atoms with E-state index in [1.807, 2.05) is 49.2 Å². The largest absolute Gasteiger partial charge is 0.294 e. The summed E-state index contributed by atoms with van der Waals surface area (Å²) >= 11 is 0. The van der Waals surface area contributed by atoms with E-state index in [1.165, 1.54) is 6.92 Å². The maximum atomic E-state index is 11.6. The molecule has 0 saturated carbocycles. The monoisotopic (exact) mass is 280 g/mol. The number of benzene rings is 1. The minimum atomic E-state index is -0.0440. The van der Waals surface area contributed by atoms with Crippen LogP contribution < -0.4 is 9.88 Å². The van der Waals surface area contributed by atoms with Crippen LogP contribution in [0.5, 0.6) is 0 Å². The Balaban J connectivity index is 2.37. The van der Waals surface area contributed by atoms with Crippen LogP contribution in [0.15, 0.2) is 36.4 Å². The Labute approximate surface area is 124 Å². The fraction of sp³-hybridized carbons (Fsp3) is 0.235. The van der Waals surface area contributed by atoms with Crippen LogP contribution >= 0.6 is 0 Å². The number of anilines is 1. The number of nitrogens with zero attached hydrogens (tertiary/aromatic N) is 2. The van der Waals surface area contributed by atoms with Crippen LogP contribution in [-0.2, 0) is 6.54 Å². The number of aryl methyl sites for hydroxylation is 1. The summed E-state index contributed by atoms with van der Waals surface area (Å²) in [6, 6.07) is 13.9. The number of rotatable bonds is 4. The standard InChI is InChI=1S/C17H17N3O/c1-12-16(13(2)21)9-15(10-18)17(19-12)20(3)11-14-7-5-4-6-8-14/h4-9H,11H2,1-3H3/p+1. The molecule has 0 atom stereocenters. The van der Waals surface area contributed by atoms with Crippen LogP contribution in [0.4, 0.5) is 5.82 Å². The van der Waals surface area contributed by atoms with Crippen LogP contribution in [0, 0.1) is 18.3 Å². The normalized spacial score (nSPS) is 10.0. The summed E-state index contributed by atoms with van der Waals surface area (Å²) in [5.74, 6) is 0.682. The van der Waals surface area contributed by atoms with E-state index in [-0.39, 0.29) is 5.78 Å². The first-order chi connectivity index (χ1) is 10.0. The zero-order chi connectivity index (χ0) is 15.4. The van der Waals surface area contributed by atoms with Gasteiger partial charge in [0.2, 0.25) is 0 Å². The second kappa shape index (κ2) is 6.19. The molecule has 0 spiro atoms. The van der Waals surface area contributed by atoms with Crippen molar-refractivity contribution in [3.63, 3.8) is 0 Å². The summed E-state index contributed by atoms with van der Waals surface area (Å²) in [5.41, 5.74) is 2.97. The van der Waals surface area contributed by atoms with Crippen molar-refractivity contribution in [2.45, 2.75) is 20.4 Å². The zero-order valence-electron chi connectivity index (χ0n) is 12.5. The van der Waals surface area contributed by atoms with Gasteiger partial charge in [0.15, 0.2) is 5.78 Å². The SMILES string of the molecule is CC(=O)c1cc(C#N)c(N(C)Cc2ccccc2)[nH+]c1C. The van der Waals surface area contributed by atoms with Crippen molar-refractivity contribution >= 4 is 11.6 Å². The minimum Gasteiger partial charge on any atom is -0.294 e. The molecule has 0 aliphatic carbocycles. The maximum absolute atomic E-state index is 11.6. The van der Waals surface area contributed by atoms with Gasteiger partial charge in [-0.25, -0.2) is 4.98 Å². The molecule has 0 fully saturated rings. The third-order valence-corrected chi connectivity index (χ3v) is 3.40. The summed E-state index contributed by atoms with van der Waals surface area (Å²) in [6.07, 6.45) is 0. The lowest BCUT2D eigenvalue weighted by atomic mass is 10.1. The lowest BCUT2D eigenvalue weighted by Gasteiger charge is -2.13. The van der Waals surface area contributed by atoms with E-state index in [2.05, 4.69) is 11.1 Å². The molecule has 1 aromatic heterocycles. The van der Waals surface area contributed by atoms with Crippen molar-refractivity contribution in [1.29, 1.82) is 5.26 Å². The van der Waals surface area contributed by atoms with Gasteiger partial charge in [0.25, 0.3) is 5.82 Å². The van der Waals surface area contributed by atoms with Gasteiger partial charge in [0, 0.05) is 0 Å². The maximum Gasteiger partial charge on any atom is 0.292 e. The van der Waals surface area contributed by atoms with E-state index in [0.717, 1.165) is 17.1 Å². The van der Waals surface area contributed by atoms with Crippen LogP contribution in [0.3, 0.4) is 0 Å². The molecule has 4 heteroatoms. The van der Waals surface area contributed by atoms with Gasteiger partial charge in [0.05, 0.1) is 12.6 Å². The van der Waals surface area contributed by atoms with E-state index in [9.17, 15) is 10.1 Å². The highest BCUT2D eigenvalue weighted by molar-refractivity contribution is 5.95. The second-order valence-electron chi connectivity index (χ2n) is 5.08. The molecule has 1 aromatic carbocycles. The van der Waals surface area contributed by atoms with Gasteiger partial charge in [-0.15, -0.1) is 0 Å². The molecule has 0 saturated heterocycles. The molecule has 4 nitrogen and oxygen atoms in total. The number of hydrogen-bond acceptors (Lipinski definition) is 3. The topological polar surface area (TPSA) is 58.2 Å². The van der Waals surface area contributed by atoms with Crippen molar-refractivity contribution in [1.82, 2.24) is 0 Å². The quantitative estimate of drug-likeness (QED) is 0.809. The molecule has 2 aromatic rings. The van der Waals surface area contributed by atoms with Crippen LogP contribution in [0.2, 0.25) is 0 Å². The Kier molecular flexibility index (Phi) is 4.34. The van der Waals surface area contributed by atoms with Gasteiger partial charge in [0.1, 0.15) is 23.9 Å². The Hall–Kier alpha value is -2.67. The van der Waals surface area contributed by atoms with E-state index in [1.54, 1.807) is 6.07 Å². The number of nitrogens with one attached hydrogen (secondary N) is 1. The number of pyridine rings is 1. The van der Waals surface area contributed by atoms with Crippen molar-refractivity contribution < 1.29 is 9.78 Å². The van der Waals surface area contributed by atoms with Gasteiger partial charge in [-0.05, 0) is 25.5 Å². The number of carbonyl (C=O) groups excluding carboxylic acids is 1. The van der Waals surface area contributed by atoms with Crippen molar-refractivity contribution in [2.75, 3.05) is 11.9 Å². The summed E-state index contributed by atoms with van der Waals surface area (Å²) < 4.78 is 0. The number of aromatic nitrogens is 1. The Morgan fingerprint density at radius 2 is 2.00 bits per heavy atom. The summed E-state index contributed by atoms with van der Waals surface area (Å²) in [6.45, 7) is 4.04. The number of carbonyl (C=O) groups is 1. The second-order valence-corrected chi connectivity index (χ2v) is 5.08. The molecule has 1 heterocycles. The van der Waals surface area contributed by atoms with Crippen LogP contribution in [-0.4, -0.2) is 12.8 Å². The summed E-state index contributed by atoms with van der Waals surface area (Å²) in [5, 5.41) is 9.32. The smallest absolute Gasteiger partial charge is 0.292 e. The third-order valence-electron chi connectivity index (χ3n) is 3.40. The van der Waals surface area contributed by atoms with Crippen LogP contribution in [0.1, 0.15) is 34.1 Å². The molecule has 0 unspecified atom stereocenters. The molecular weight excluding hydrogens is 262 g/mol. The van der Waals surface area contributed by atoms with Crippen molar-refractivity contribution in [3.8, 4) is 6.07 Å². The highest BCUT2D eigenvalue weighted by Crippen LogP contribution is 2.18. The van der Waals surface area contributed by atoms with E-state index in [4.69, 9.17) is 0 Å². The first-order valence-electron chi connectivity index (χ1n) is 6.76. The number of H-pyrrole nitrogens is 1. The Bertz CT molecular complexity index is 702. The molecule has 0 bridgehead atoms. The summed E-state index contributed by atoms with van der Waals surface area (Å²) in [7, 11) is 1.92. The van der Waals surface area contributed by atoms with Gasteiger partial charge < -0.3 is 0 Å². The number of ketones is 1. The fourth-order valence-corrected chi connectivity index (χ4v) is 2.32. The molecule has 0 radical (unpaired) electrons. The van der Waals surface area contributed by atoms with E-state index >= 15 is 0 Å². The number of nitriles is 1. The Morgan fingerprint density at radius 3 is 2.57 bits per heavy atom. The summed E-state index contributed by atoms with van der Waals surface area (Å²) in [4.78, 5) is 16.7. The minimum absolute atomic E-state index is 0.0440. The van der Waals surface area contributed by atoms with Gasteiger partial charge in [-0.2, -0.15) is 5.26 Å². The first-order valence-corrected chi connectivity index (χ1v) is 6.76. The Morgan fingerprint density at radius 1 is 1.33 bits per heavy atom. The molecule has 106 valence electrons. The van der Waals surface area contributed by atoms with Gasteiger partial charge in [-0.1, -0.05) is 30.3 Å². The van der Waals surface area contributed by atoms with Crippen molar-refractivity contribution in [3.05, 3.63) is 58.8 Å². The molecule has 1 N–H and O–H groups in total. The lowest BCUT2D eigenvalue weighted by Crippen LogP contribution is -2.28. The number of Topliss-reactive ketones (excluding diaryl/α,β-unsaturated/α-hetero) is 1. The van der Waals surface area contributed by atoms with E-state index < -0.39 is 0 Å². The zero-order valence-corrected chi connectivity index (χ0v) is 12.5. The number of hydrogen-bond donors (Lipinski definition) is 0. The molecule has 2 rings (SSSR count). The van der Waals surface area contributed by atoms with Gasteiger partial charge >= 0.3 is 0 Å². The van der Waals surface area contributed by atoms with E-state index in [0.29, 0.717) is 17.7 Å². The highest BCUT2D eigenvalue weighted by Gasteiger charge is 2.20. The van der Waals surface area contributed by atoms with Crippen molar-refractivity contribution in [2.24, 2.45) is 0 Å². The highest BCUT2D eigenvalue weighted by atomic mass is 16.1. The molecule has 0 amide bonds. The molecular formula is C17H18N3O+. The average molecular weight is 280 g/mol. The predicted molar refractivity (Wildman–Crippen MR) is 81.0 cm³/mol. The average Bonchev–Trinajstić information content (AvgIpc) is 2.47. The molecule has 0 aliphatic heterocycles.